The molecule has 0 aliphatic carbocycles. The van der Waals surface area contributed by atoms with Gasteiger partial charge in [0.15, 0.2) is 0 Å². The minimum Gasteiger partial charge on any atom is -0.491 e. The lowest BCUT2D eigenvalue weighted by molar-refractivity contribution is -0.135. The number of urea groups is 1. The summed E-state index contributed by atoms with van der Waals surface area (Å²) in [4.78, 5) is 31.1. The zero-order valence-corrected chi connectivity index (χ0v) is 22.1. The number of amides is 3. The Bertz CT molecular complexity index is 1190. The number of nitrogens with zero attached hydrogens (tertiary/aromatic N) is 2. The van der Waals surface area contributed by atoms with E-state index in [1.165, 1.54) is 9.78 Å². The fourth-order valence-electron chi connectivity index (χ4n) is 4.06. The number of hydrogen-bond acceptors (Lipinski definition) is 5. The molecule has 1 atom stereocenters. The van der Waals surface area contributed by atoms with Crippen LogP contribution < -0.4 is 10.1 Å². The Hall–Kier alpha value is -2.78. The lowest BCUT2D eigenvalue weighted by Gasteiger charge is -2.37. The summed E-state index contributed by atoms with van der Waals surface area (Å²) in [5, 5.41) is 5.99. The maximum Gasteiger partial charge on any atom is 0.322 e. The lowest BCUT2D eigenvalue weighted by atomic mass is 10.0. The van der Waals surface area contributed by atoms with Crippen LogP contribution in [0.3, 0.4) is 0 Å². The highest BCUT2D eigenvalue weighted by atomic mass is 35.5. The van der Waals surface area contributed by atoms with Crippen molar-refractivity contribution in [2.45, 2.75) is 12.5 Å². The molecule has 190 valence electrons. The standard InChI is InChI=1S/C26H27Cl2N3O4S/c1-34-13-12-30(26(33)29-20-4-2-3-19(28)15-20)16-25(32)31-11-9-24-22(10-14-36-24)23(31)17-35-21-7-5-18(27)6-8-21/h2-8,10,14-15,23H,9,11-13,16-17H2,1H3,(H,29,33). The monoisotopic (exact) mass is 547 g/mol. The molecule has 10 heteroatoms. The number of methoxy groups -OCH3 is 1. The third kappa shape index (κ3) is 6.70. The minimum atomic E-state index is -0.398. The van der Waals surface area contributed by atoms with Crippen LogP contribution in [-0.4, -0.2) is 61.7 Å². The summed E-state index contributed by atoms with van der Waals surface area (Å²) in [5.74, 6) is 0.519. The van der Waals surface area contributed by atoms with Gasteiger partial charge in [0, 0.05) is 40.8 Å². The Balaban J connectivity index is 1.48. The van der Waals surface area contributed by atoms with Crippen LogP contribution in [0.25, 0.3) is 0 Å². The van der Waals surface area contributed by atoms with E-state index in [0.29, 0.717) is 41.2 Å². The quantitative estimate of drug-likeness (QED) is 0.370. The third-order valence-corrected chi connectivity index (χ3v) is 7.37. The van der Waals surface area contributed by atoms with Crippen molar-refractivity contribution in [3.05, 3.63) is 80.5 Å². The molecule has 3 aromatic rings. The zero-order chi connectivity index (χ0) is 25.5. The van der Waals surface area contributed by atoms with Gasteiger partial charge in [-0.25, -0.2) is 4.79 Å². The first-order valence-corrected chi connectivity index (χ1v) is 13.1. The van der Waals surface area contributed by atoms with Gasteiger partial charge in [0.05, 0.1) is 12.6 Å². The van der Waals surface area contributed by atoms with Crippen molar-refractivity contribution in [3.63, 3.8) is 0 Å². The molecule has 2 aromatic carbocycles. The van der Waals surface area contributed by atoms with Gasteiger partial charge in [0.1, 0.15) is 18.9 Å². The van der Waals surface area contributed by atoms with Crippen LogP contribution >= 0.6 is 34.5 Å². The number of carbonyl (C=O) groups excluding carboxylic acids is 2. The maximum absolute atomic E-state index is 13.6. The number of benzene rings is 2. The van der Waals surface area contributed by atoms with E-state index in [1.54, 1.807) is 71.9 Å². The second-order valence-electron chi connectivity index (χ2n) is 8.27. The van der Waals surface area contributed by atoms with Gasteiger partial charge >= 0.3 is 6.03 Å². The maximum atomic E-state index is 13.6. The van der Waals surface area contributed by atoms with E-state index in [4.69, 9.17) is 32.7 Å². The van der Waals surface area contributed by atoms with Crippen LogP contribution in [0.2, 0.25) is 10.0 Å². The van der Waals surface area contributed by atoms with Crippen LogP contribution in [-0.2, 0) is 16.0 Å². The molecule has 4 rings (SSSR count). The Kier molecular flexibility index (Phi) is 9.09. The first-order valence-electron chi connectivity index (χ1n) is 11.5. The van der Waals surface area contributed by atoms with Gasteiger partial charge in [0.25, 0.3) is 0 Å². The molecule has 36 heavy (non-hydrogen) atoms. The summed E-state index contributed by atoms with van der Waals surface area (Å²) in [7, 11) is 1.56. The van der Waals surface area contributed by atoms with E-state index in [9.17, 15) is 9.59 Å². The van der Waals surface area contributed by atoms with Crippen molar-refractivity contribution in [3.8, 4) is 5.75 Å². The topological polar surface area (TPSA) is 71.1 Å². The van der Waals surface area contributed by atoms with Crippen molar-refractivity contribution in [2.75, 3.05) is 45.3 Å². The van der Waals surface area contributed by atoms with Gasteiger partial charge in [0.2, 0.25) is 5.91 Å². The molecule has 0 spiro atoms. The number of fused-ring (bicyclic) bond motifs is 1. The molecule has 1 aliphatic heterocycles. The molecule has 1 aliphatic rings. The van der Waals surface area contributed by atoms with Crippen molar-refractivity contribution >= 4 is 52.2 Å². The molecular formula is C26H27Cl2N3O4S. The smallest absolute Gasteiger partial charge is 0.322 e. The van der Waals surface area contributed by atoms with E-state index < -0.39 is 6.03 Å². The number of carbonyl (C=O) groups is 2. The first-order chi connectivity index (χ1) is 17.4. The van der Waals surface area contributed by atoms with Gasteiger partial charge in [-0.05, 0) is 65.9 Å². The number of thiophene rings is 1. The second kappa shape index (κ2) is 12.5. The zero-order valence-electron chi connectivity index (χ0n) is 19.8. The molecule has 1 aromatic heterocycles. The van der Waals surface area contributed by atoms with Crippen LogP contribution in [0.1, 0.15) is 16.5 Å². The Morgan fingerprint density at radius 2 is 1.94 bits per heavy atom. The highest BCUT2D eigenvalue weighted by molar-refractivity contribution is 7.10. The molecule has 2 heterocycles. The largest absolute Gasteiger partial charge is 0.491 e. The van der Waals surface area contributed by atoms with E-state index in [-0.39, 0.29) is 25.0 Å². The number of halogens is 2. The van der Waals surface area contributed by atoms with Gasteiger partial charge in [-0.2, -0.15) is 0 Å². The predicted octanol–water partition coefficient (Wildman–Crippen LogP) is 5.74. The van der Waals surface area contributed by atoms with Gasteiger partial charge in [-0.3, -0.25) is 4.79 Å². The molecular weight excluding hydrogens is 521 g/mol. The Morgan fingerprint density at radius 1 is 1.14 bits per heavy atom. The van der Waals surface area contributed by atoms with Crippen LogP contribution in [0.5, 0.6) is 5.75 Å². The summed E-state index contributed by atoms with van der Waals surface area (Å²) < 4.78 is 11.2. The van der Waals surface area contributed by atoms with E-state index in [2.05, 4.69) is 5.32 Å². The summed E-state index contributed by atoms with van der Waals surface area (Å²) >= 11 is 13.7. The molecule has 0 fully saturated rings. The number of rotatable bonds is 9. The van der Waals surface area contributed by atoms with Crippen LogP contribution in [0, 0.1) is 0 Å². The first kappa shape index (κ1) is 26.3. The molecule has 1 unspecified atom stereocenters. The van der Waals surface area contributed by atoms with E-state index in [1.807, 2.05) is 11.4 Å². The number of anilines is 1. The SMILES string of the molecule is COCCN(CC(=O)N1CCc2sccc2C1COc1ccc(Cl)cc1)C(=O)Nc1cccc(Cl)c1. The molecule has 1 N–H and O–H groups in total. The number of nitrogens with one attached hydrogen (secondary N) is 1. The average molecular weight is 548 g/mol. The van der Waals surface area contributed by atoms with Gasteiger partial charge < -0.3 is 24.6 Å². The fourth-order valence-corrected chi connectivity index (χ4v) is 5.30. The minimum absolute atomic E-state index is 0.0906. The predicted molar refractivity (Wildman–Crippen MR) is 143 cm³/mol. The summed E-state index contributed by atoms with van der Waals surface area (Å²) in [5.41, 5.74) is 1.64. The lowest BCUT2D eigenvalue weighted by Crippen LogP contribution is -2.49. The average Bonchev–Trinajstić information content (AvgIpc) is 3.35. The van der Waals surface area contributed by atoms with Crippen molar-refractivity contribution in [2.24, 2.45) is 0 Å². The van der Waals surface area contributed by atoms with Crippen LogP contribution in [0.15, 0.2) is 60.0 Å². The van der Waals surface area contributed by atoms with Gasteiger partial charge in [-0.15, -0.1) is 11.3 Å². The summed E-state index contributed by atoms with van der Waals surface area (Å²) in [6.45, 7) is 1.32. The number of hydrogen-bond donors (Lipinski definition) is 1. The van der Waals surface area contributed by atoms with Gasteiger partial charge in [-0.1, -0.05) is 29.3 Å². The Morgan fingerprint density at radius 3 is 2.69 bits per heavy atom. The fraction of sp³-hybridized carbons (Fsp3) is 0.308. The number of ether oxygens (including phenoxy) is 2. The highest BCUT2D eigenvalue weighted by Crippen LogP contribution is 2.34. The molecule has 3 amide bonds. The van der Waals surface area contributed by atoms with E-state index in [0.717, 1.165) is 12.0 Å². The summed E-state index contributed by atoms with van der Waals surface area (Å²) in [6.07, 6.45) is 0.767. The van der Waals surface area contributed by atoms with Crippen molar-refractivity contribution < 1.29 is 19.1 Å². The Labute approximate surface area is 224 Å². The second-order valence-corrected chi connectivity index (χ2v) is 10.1. The van der Waals surface area contributed by atoms with E-state index >= 15 is 0 Å². The highest BCUT2D eigenvalue weighted by Gasteiger charge is 2.33. The molecule has 0 saturated heterocycles. The third-order valence-electron chi connectivity index (χ3n) is 5.89. The molecule has 0 radical (unpaired) electrons. The van der Waals surface area contributed by atoms with Crippen molar-refractivity contribution in [1.82, 2.24) is 9.80 Å². The molecule has 7 nitrogen and oxygen atoms in total. The molecule has 0 saturated carbocycles. The molecule has 0 bridgehead atoms. The van der Waals surface area contributed by atoms with Crippen LogP contribution in [0.4, 0.5) is 10.5 Å². The normalized spacial score (nSPS) is 14.8. The van der Waals surface area contributed by atoms with Crippen molar-refractivity contribution in [1.29, 1.82) is 0 Å². The summed E-state index contributed by atoms with van der Waals surface area (Å²) in [6, 6.07) is 15.4.